The molecule has 2 unspecified atom stereocenters. The van der Waals surface area contributed by atoms with Crippen molar-refractivity contribution in [3.8, 4) is 0 Å². The van der Waals surface area contributed by atoms with Gasteiger partial charge in [-0.05, 0) is 54.0 Å². The number of hydrogen-bond donors (Lipinski definition) is 1. The van der Waals surface area contributed by atoms with Crippen LogP contribution in [-0.2, 0) is 19.9 Å². The molecule has 1 aliphatic carbocycles. The highest BCUT2D eigenvalue weighted by molar-refractivity contribution is 9.10. The van der Waals surface area contributed by atoms with Gasteiger partial charge in [0.1, 0.15) is 0 Å². The first-order valence-electron chi connectivity index (χ1n) is 6.57. The van der Waals surface area contributed by atoms with Gasteiger partial charge in [0.2, 0.25) is 0 Å². The Bertz CT molecular complexity index is 386. The maximum Gasteiger partial charge on any atom is 0.0766 e. The Hall–Kier alpha value is -0.350. The molecule has 17 heavy (non-hydrogen) atoms. The van der Waals surface area contributed by atoms with Gasteiger partial charge in [0.05, 0.1) is 15.9 Å². The van der Waals surface area contributed by atoms with Gasteiger partial charge < -0.3 is 5.73 Å². The summed E-state index contributed by atoms with van der Waals surface area (Å²) in [5.74, 6) is 0.732. The van der Waals surface area contributed by atoms with Crippen LogP contribution in [0, 0.1) is 5.92 Å². The SMILES string of the molecule is CCc1nn(C)c(CC2CCCC(N)C2)c1Br. The molecule has 4 heteroatoms. The molecule has 0 spiro atoms. The maximum absolute atomic E-state index is 6.05. The van der Waals surface area contributed by atoms with Crippen molar-refractivity contribution in [2.45, 2.75) is 51.5 Å². The van der Waals surface area contributed by atoms with Crippen molar-refractivity contribution in [3.63, 3.8) is 0 Å². The standard InChI is InChI=1S/C13H22BrN3/c1-3-11-13(14)12(17(2)16-11)8-9-5-4-6-10(15)7-9/h9-10H,3-8,15H2,1-2H3. The summed E-state index contributed by atoms with van der Waals surface area (Å²) in [6.45, 7) is 2.15. The highest BCUT2D eigenvalue weighted by Crippen LogP contribution is 2.30. The molecule has 1 heterocycles. The quantitative estimate of drug-likeness (QED) is 0.933. The van der Waals surface area contributed by atoms with Gasteiger partial charge in [-0.1, -0.05) is 13.3 Å². The predicted octanol–water partition coefficient (Wildman–Crippen LogP) is 2.81. The van der Waals surface area contributed by atoms with E-state index in [9.17, 15) is 0 Å². The molecule has 2 rings (SSSR count). The summed E-state index contributed by atoms with van der Waals surface area (Å²) in [7, 11) is 2.04. The predicted molar refractivity (Wildman–Crippen MR) is 73.9 cm³/mol. The Balaban J connectivity index is 2.10. The normalized spacial score (nSPS) is 25.2. The molecule has 1 fully saturated rings. The van der Waals surface area contributed by atoms with Gasteiger partial charge in [-0.15, -0.1) is 0 Å². The van der Waals surface area contributed by atoms with Gasteiger partial charge >= 0.3 is 0 Å². The van der Waals surface area contributed by atoms with Crippen molar-refractivity contribution in [1.82, 2.24) is 9.78 Å². The summed E-state index contributed by atoms with van der Waals surface area (Å²) in [5, 5.41) is 4.55. The lowest BCUT2D eigenvalue weighted by molar-refractivity contribution is 0.316. The lowest BCUT2D eigenvalue weighted by atomic mass is 9.83. The minimum absolute atomic E-state index is 0.409. The van der Waals surface area contributed by atoms with Crippen molar-refractivity contribution in [2.75, 3.05) is 0 Å². The van der Waals surface area contributed by atoms with E-state index in [2.05, 4.69) is 28.0 Å². The molecule has 1 aromatic rings. The molecule has 96 valence electrons. The highest BCUT2D eigenvalue weighted by Gasteiger charge is 2.22. The van der Waals surface area contributed by atoms with Crippen LogP contribution in [0.4, 0.5) is 0 Å². The number of aryl methyl sites for hydroxylation is 2. The Labute approximate surface area is 112 Å². The fraction of sp³-hybridized carbons (Fsp3) is 0.769. The monoisotopic (exact) mass is 299 g/mol. The van der Waals surface area contributed by atoms with Crippen molar-refractivity contribution in [3.05, 3.63) is 15.9 Å². The number of aromatic nitrogens is 2. The summed E-state index contributed by atoms with van der Waals surface area (Å²) in [4.78, 5) is 0. The molecule has 0 amide bonds. The van der Waals surface area contributed by atoms with Crippen LogP contribution in [0.15, 0.2) is 4.47 Å². The Morgan fingerprint density at radius 1 is 1.47 bits per heavy atom. The van der Waals surface area contributed by atoms with Crippen LogP contribution in [0.3, 0.4) is 0 Å². The van der Waals surface area contributed by atoms with Gasteiger partial charge in [-0.25, -0.2) is 0 Å². The third-order valence-electron chi connectivity index (χ3n) is 3.81. The zero-order chi connectivity index (χ0) is 12.4. The fourth-order valence-electron chi connectivity index (χ4n) is 2.83. The second-order valence-electron chi connectivity index (χ2n) is 5.18. The molecule has 0 aliphatic heterocycles. The Morgan fingerprint density at radius 3 is 2.82 bits per heavy atom. The first-order chi connectivity index (χ1) is 8.11. The minimum atomic E-state index is 0.409. The average molecular weight is 300 g/mol. The molecular weight excluding hydrogens is 278 g/mol. The Morgan fingerprint density at radius 2 is 2.24 bits per heavy atom. The summed E-state index contributed by atoms with van der Waals surface area (Å²) in [6, 6.07) is 0.409. The van der Waals surface area contributed by atoms with E-state index in [0.717, 1.165) is 18.8 Å². The summed E-state index contributed by atoms with van der Waals surface area (Å²) in [5.41, 5.74) is 8.56. The first-order valence-corrected chi connectivity index (χ1v) is 7.37. The summed E-state index contributed by atoms with van der Waals surface area (Å²) < 4.78 is 3.24. The van der Waals surface area contributed by atoms with Crippen LogP contribution in [0.2, 0.25) is 0 Å². The van der Waals surface area contributed by atoms with Crippen LogP contribution in [-0.4, -0.2) is 15.8 Å². The molecule has 1 aromatic heterocycles. The van der Waals surface area contributed by atoms with E-state index in [1.165, 1.54) is 41.5 Å². The molecule has 1 saturated carbocycles. The fourth-order valence-corrected chi connectivity index (χ4v) is 3.61. The molecular formula is C13H22BrN3. The van der Waals surface area contributed by atoms with Crippen LogP contribution in [0.1, 0.15) is 44.0 Å². The van der Waals surface area contributed by atoms with Crippen molar-refractivity contribution >= 4 is 15.9 Å². The second kappa shape index (κ2) is 5.53. The number of hydrogen-bond acceptors (Lipinski definition) is 2. The zero-order valence-corrected chi connectivity index (χ0v) is 12.3. The van der Waals surface area contributed by atoms with E-state index in [1.807, 2.05) is 11.7 Å². The third-order valence-corrected chi connectivity index (χ3v) is 4.72. The number of halogens is 1. The molecule has 0 radical (unpaired) electrons. The number of nitrogens with two attached hydrogens (primary N) is 1. The average Bonchev–Trinajstić information content (AvgIpc) is 2.56. The van der Waals surface area contributed by atoms with Gasteiger partial charge in [-0.3, -0.25) is 4.68 Å². The molecule has 0 bridgehead atoms. The van der Waals surface area contributed by atoms with E-state index in [-0.39, 0.29) is 0 Å². The molecule has 2 N–H and O–H groups in total. The Kier molecular flexibility index (Phi) is 4.26. The lowest BCUT2D eigenvalue weighted by Gasteiger charge is -2.26. The van der Waals surface area contributed by atoms with Crippen molar-refractivity contribution < 1.29 is 0 Å². The van der Waals surface area contributed by atoms with Crippen LogP contribution < -0.4 is 5.73 Å². The van der Waals surface area contributed by atoms with Gasteiger partial charge in [0.15, 0.2) is 0 Å². The van der Waals surface area contributed by atoms with Gasteiger partial charge in [-0.2, -0.15) is 5.10 Å². The third kappa shape index (κ3) is 2.91. The second-order valence-corrected chi connectivity index (χ2v) is 5.97. The lowest BCUT2D eigenvalue weighted by Crippen LogP contribution is -2.29. The van der Waals surface area contributed by atoms with E-state index < -0.39 is 0 Å². The number of nitrogens with zero attached hydrogens (tertiary/aromatic N) is 2. The van der Waals surface area contributed by atoms with Crippen molar-refractivity contribution in [1.29, 1.82) is 0 Å². The van der Waals surface area contributed by atoms with E-state index in [4.69, 9.17) is 5.73 Å². The maximum atomic E-state index is 6.05. The summed E-state index contributed by atoms with van der Waals surface area (Å²) >= 11 is 3.69. The van der Waals surface area contributed by atoms with E-state index in [0.29, 0.717) is 6.04 Å². The highest BCUT2D eigenvalue weighted by atomic mass is 79.9. The largest absolute Gasteiger partial charge is 0.328 e. The van der Waals surface area contributed by atoms with Gasteiger partial charge in [0, 0.05) is 13.1 Å². The molecule has 2 atom stereocenters. The van der Waals surface area contributed by atoms with Crippen LogP contribution >= 0.6 is 15.9 Å². The molecule has 0 saturated heterocycles. The molecule has 3 nitrogen and oxygen atoms in total. The zero-order valence-electron chi connectivity index (χ0n) is 10.7. The van der Waals surface area contributed by atoms with Crippen LogP contribution in [0.25, 0.3) is 0 Å². The minimum Gasteiger partial charge on any atom is -0.328 e. The number of rotatable bonds is 3. The van der Waals surface area contributed by atoms with E-state index >= 15 is 0 Å². The topological polar surface area (TPSA) is 43.8 Å². The first kappa shape index (κ1) is 13.1. The van der Waals surface area contributed by atoms with Crippen LogP contribution in [0.5, 0.6) is 0 Å². The molecule has 1 aliphatic rings. The summed E-state index contributed by atoms with van der Waals surface area (Å²) in [6.07, 6.45) is 7.05. The smallest absolute Gasteiger partial charge is 0.0766 e. The van der Waals surface area contributed by atoms with Crippen molar-refractivity contribution in [2.24, 2.45) is 18.7 Å². The van der Waals surface area contributed by atoms with E-state index in [1.54, 1.807) is 0 Å². The molecule has 0 aromatic carbocycles. The van der Waals surface area contributed by atoms with Gasteiger partial charge in [0.25, 0.3) is 0 Å².